The third-order valence-electron chi connectivity index (χ3n) is 6.60. The fourth-order valence-corrected chi connectivity index (χ4v) is 4.43. The van der Waals surface area contributed by atoms with Gasteiger partial charge in [0.05, 0.1) is 18.1 Å². The second-order valence-electron chi connectivity index (χ2n) is 10.2. The Morgan fingerprint density at radius 3 is 2.53 bits per heavy atom. The van der Waals surface area contributed by atoms with Gasteiger partial charge >= 0.3 is 5.97 Å². The summed E-state index contributed by atoms with van der Waals surface area (Å²) < 4.78 is 12.0. The summed E-state index contributed by atoms with van der Waals surface area (Å²) >= 11 is 0. The first kappa shape index (κ1) is 30.0. The van der Waals surface area contributed by atoms with E-state index in [4.69, 9.17) is 9.47 Å². The van der Waals surface area contributed by atoms with Gasteiger partial charge in [-0.25, -0.2) is 0 Å². The van der Waals surface area contributed by atoms with Crippen molar-refractivity contribution in [3.63, 3.8) is 0 Å². The zero-order valence-electron chi connectivity index (χ0n) is 22.0. The minimum absolute atomic E-state index is 0.0244. The molecule has 36 heavy (non-hydrogen) atoms. The van der Waals surface area contributed by atoms with Gasteiger partial charge in [0, 0.05) is 0 Å². The van der Waals surface area contributed by atoms with E-state index in [2.05, 4.69) is 13.2 Å². The van der Waals surface area contributed by atoms with E-state index in [0.29, 0.717) is 19.3 Å². The Kier molecular flexibility index (Phi) is 12.6. The number of allylic oxidation sites excluding steroid dienone is 7. The highest BCUT2D eigenvalue weighted by atomic mass is 16.6. The Morgan fingerprint density at radius 2 is 1.81 bits per heavy atom. The molecule has 0 radical (unpaired) electrons. The fourth-order valence-electron chi connectivity index (χ4n) is 4.43. The maximum atomic E-state index is 12.9. The van der Waals surface area contributed by atoms with E-state index < -0.39 is 42.4 Å². The number of fused-ring (bicyclic) bond motifs is 2. The number of ether oxygens (including phenoxy) is 2. The molecule has 8 atom stereocenters. The Balaban J connectivity index is 2.21. The van der Waals surface area contributed by atoms with Crippen molar-refractivity contribution in [2.75, 3.05) is 0 Å². The number of carbonyl (C=O) groups excluding carboxylic acids is 1. The summed E-state index contributed by atoms with van der Waals surface area (Å²) in [6.07, 6.45) is 13.8. The zero-order chi connectivity index (χ0) is 26.7. The van der Waals surface area contributed by atoms with Gasteiger partial charge in [-0.05, 0) is 58.3 Å². The number of cyclic esters (lactones) is 1. The molecule has 0 amide bonds. The van der Waals surface area contributed by atoms with Gasteiger partial charge in [-0.2, -0.15) is 0 Å². The van der Waals surface area contributed by atoms with Crippen molar-refractivity contribution >= 4 is 5.97 Å². The average Bonchev–Trinajstić information content (AvgIpc) is 3.30. The van der Waals surface area contributed by atoms with Gasteiger partial charge in [-0.3, -0.25) is 4.79 Å². The van der Waals surface area contributed by atoms with Crippen molar-refractivity contribution in [3.8, 4) is 0 Å². The normalized spacial score (nSPS) is 35.8. The van der Waals surface area contributed by atoms with Crippen LogP contribution in [0.3, 0.4) is 0 Å². The largest absolute Gasteiger partial charge is 0.459 e. The molecule has 8 unspecified atom stereocenters. The summed E-state index contributed by atoms with van der Waals surface area (Å²) in [4.78, 5) is 12.9. The molecule has 0 saturated carbocycles. The number of aliphatic hydroxyl groups excluding tert-OH is 3. The van der Waals surface area contributed by atoms with Crippen LogP contribution in [0.25, 0.3) is 0 Å². The summed E-state index contributed by atoms with van der Waals surface area (Å²) in [7, 11) is 0. The van der Waals surface area contributed by atoms with E-state index in [-0.39, 0.29) is 12.0 Å². The first-order valence-electron chi connectivity index (χ1n) is 13.0. The topological polar surface area (TPSA) is 96.2 Å². The highest BCUT2D eigenvalue weighted by molar-refractivity contribution is 5.74. The molecular weight excluding hydrogens is 456 g/mol. The average molecular weight is 501 g/mol. The molecule has 0 aromatic rings. The summed E-state index contributed by atoms with van der Waals surface area (Å²) in [5.74, 6) is -1.18. The van der Waals surface area contributed by atoms with Crippen LogP contribution >= 0.6 is 0 Å². The zero-order valence-corrected chi connectivity index (χ0v) is 22.0. The number of hydrogen-bond acceptors (Lipinski definition) is 6. The molecule has 6 heteroatoms. The van der Waals surface area contributed by atoms with Crippen LogP contribution in [-0.4, -0.2) is 57.9 Å². The lowest BCUT2D eigenvalue weighted by Gasteiger charge is -2.32. The smallest absolute Gasteiger partial charge is 0.312 e. The first-order valence-corrected chi connectivity index (χ1v) is 13.0. The number of esters is 1. The maximum absolute atomic E-state index is 12.9. The van der Waals surface area contributed by atoms with Gasteiger partial charge in [0.25, 0.3) is 0 Å². The predicted octanol–water partition coefficient (Wildman–Crippen LogP) is 4.73. The molecular formula is C30H44O6. The van der Waals surface area contributed by atoms with Crippen molar-refractivity contribution in [1.29, 1.82) is 0 Å². The second-order valence-corrected chi connectivity index (χ2v) is 10.2. The van der Waals surface area contributed by atoms with Crippen LogP contribution in [0.2, 0.25) is 0 Å². The molecule has 6 nitrogen and oxygen atoms in total. The Bertz CT molecular complexity index is 854. The standard InChI is InChI=1S/C30H44O6/c1-20(2)11-10-12-21(3)19-23(5)29-28(33)27-18-17-24(35-27)14-7-9-16-26(32)25(31)15-8-6-13-22(4)30(34)36-29/h6,8-10,12-13,15-16,22-29,31-33H,1,3,7,11,14,17-19H2,2,4-5H3/b12-10+,13-6+,15-8+,16-9-. The van der Waals surface area contributed by atoms with Gasteiger partial charge in [0.2, 0.25) is 0 Å². The molecule has 2 bridgehead atoms. The number of aliphatic hydroxyl groups is 3. The van der Waals surface area contributed by atoms with Crippen molar-refractivity contribution in [3.05, 3.63) is 72.9 Å². The summed E-state index contributed by atoms with van der Waals surface area (Å²) in [5.41, 5.74) is 1.95. The lowest BCUT2D eigenvalue weighted by molar-refractivity contribution is -0.170. The van der Waals surface area contributed by atoms with Crippen molar-refractivity contribution in [1.82, 2.24) is 0 Å². The van der Waals surface area contributed by atoms with E-state index in [9.17, 15) is 20.1 Å². The minimum Gasteiger partial charge on any atom is -0.459 e. The third-order valence-corrected chi connectivity index (χ3v) is 6.60. The molecule has 1 saturated heterocycles. The predicted molar refractivity (Wildman–Crippen MR) is 143 cm³/mol. The molecule has 2 heterocycles. The van der Waals surface area contributed by atoms with Crippen LogP contribution in [0, 0.1) is 11.8 Å². The molecule has 2 aliphatic rings. The van der Waals surface area contributed by atoms with Gasteiger partial charge in [0.1, 0.15) is 24.4 Å². The maximum Gasteiger partial charge on any atom is 0.312 e. The Labute approximate surface area is 216 Å². The minimum atomic E-state index is -1.04. The van der Waals surface area contributed by atoms with Crippen molar-refractivity contribution < 1.29 is 29.6 Å². The second kappa shape index (κ2) is 15.1. The molecule has 0 aromatic carbocycles. The molecule has 0 spiro atoms. The molecule has 0 aromatic heterocycles. The first-order chi connectivity index (χ1) is 17.1. The van der Waals surface area contributed by atoms with E-state index in [1.165, 1.54) is 6.08 Å². The fraction of sp³-hybridized carbons (Fsp3) is 0.567. The molecule has 200 valence electrons. The SMILES string of the molecule is C=C(C)C/C=C/C(=C)CC(C)C1OC(=O)C(C)/C=C/C=C/C(O)C(O)/C=C\CCC2CCC(O2)C1O. The van der Waals surface area contributed by atoms with Crippen LogP contribution in [0.5, 0.6) is 0 Å². The lowest BCUT2D eigenvalue weighted by Crippen LogP contribution is -2.44. The number of carbonyl (C=O) groups is 1. The number of rotatable bonds is 6. The molecule has 2 rings (SSSR count). The van der Waals surface area contributed by atoms with Crippen LogP contribution < -0.4 is 0 Å². The quantitative estimate of drug-likeness (QED) is 0.277. The third kappa shape index (κ3) is 10.0. The monoisotopic (exact) mass is 500 g/mol. The van der Waals surface area contributed by atoms with Gasteiger partial charge in [0.15, 0.2) is 0 Å². The van der Waals surface area contributed by atoms with Crippen LogP contribution in [-0.2, 0) is 14.3 Å². The molecule has 0 aliphatic carbocycles. The van der Waals surface area contributed by atoms with Crippen LogP contribution in [0.15, 0.2) is 72.9 Å². The Morgan fingerprint density at radius 1 is 1.11 bits per heavy atom. The molecule has 1 fully saturated rings. The van der Waals surface area contributed by atoms with Crippen LogP contribution in [0.4, 0.5) is 0 Å². The van der Waals surface area contributed by atoms with Crippen LogP contribution in [0.1, 0.15) is 59.3 Å². The highest BCUT2D eigenvalue weighted by Crippen LogP contribution is 2.31. The van der Waals surface area contributed by atoms with E-state index >= 15 is 0 Å². The van der Waals surface area contributed by atoms with E-state index in [0.717, 1.165) is 30.4 Å². The van der Waals surface area contributed by atoms with E-state index in [1.807, 2.05) is 32.1 Å². The lowest BCUT2D eigenvalue weighted by atomic mass is 9.89. The van der Waals surface area contributed by atoms with Crippen molar-refractivity contribution in [2.45, 2.75) is 95.9 Å². The molecule has 2 aliphatic heterocycles. The summed E-state index contributed by atoms with van der Waals surface area (Å²) in [6, 6.07) is 0. The number of hydrogen-bond donors (Lipinski definition) is 3. The van der Waals surface area contributed by atoms with E-state index in [1.54, 1.807) is 31.2 Å². The van der Waals surface area contributed by atoms with Crippen molar-refractivity contribution in [2.24, 2.45) is 11.8 Å². The highest BCUT2D eigenvalue weighted by Gasteiger charge is 2.39. The van der Waals surface area contributed by atoms with Gasteiger partial charge < -0.3 is 24.8 Å². The van der Waals surface area contributed by atoms with Gasteiger partial charge in [-0.1, -0.05) is 79.8 Å². The Hall–Kier alpha value is -2.25. The molecule has 3 N–H and O–H groups in total. The summed E-state index contributed by atoms with van der Waals surface area (Å²) in [6.45, 7) is 13.7. The summed E-state index contributed by atoms with van der Waals surface area (Å²) in [5, 5.41) is 31.5. The van der Waals surface area contributed by atoms with Gasteiger partial charge in [-0.15, -0.1) is 0 Å².